The summed E-state index contributed by atoms with van der Waals surface area (Å²) in [5, 5.41) is 0. The van der Waals surface area contributed by atoms with Crippen molar-refractivity contribution in [1.29, 1.82) is 0 Å². The average molecular weight is 414 g/mol. The molecule has 3 nitrogen and oxygen atoms in total. The molecule has 132 valence electrons. The SMILES string of the molecule is COC1(C)CC2=C(C=C1Br)C/C(=C\c1ncccc1C(F)(F)F)C2=O. The Morgan fingerprint density at radius 2 is 2.12 bits per heavy atom. The van der Waals surface area contributed by atoms with Gasteiger partial charge in [0.1, 0.15) is 5.60 Å². The van der Waals surface area contributed by atoms with Crippen molar-refractivity contribution in [2.45, 2.75) is 31.5 Å². The van der Waals surface area contributed by atoms with Gasteiger partial charge in [-0.05, 0) is 36.8 Å². The number of hydrogen-bond acceptors (Lipinski definition) is 3. The van der Waals surface area contributed by atoms with Gasteiger partial charge in [-0.1, -0.05) is 15.9 Å². The van der Waals surface area contributed by atoms with E-state index >= 15 is 0 Å². The van der Waals surface area contributed by atoms with Crippen LogP contribution in [-0.4, -0.2) is 23.5 Å². The minimum atomic E-state index is -4.52. The van der Waals surface area contributed by atoms with E-state index in [2.05, 4.69) is 20.9 Å². The number of pyridine rings is 1. The van der Waals surface area contributed by atoms with E-state index in [1.165, 1.54) is 18.3 Å². The number of rotatable bonds is 2. The van der Waals surface area contributed by atoms with Gasteiger partial charge in [-0.15, -0.1) is 0 Å². The topological polar surface area (TPSA) is 39.2 Å². The Labute approximate surface area is 151 Å². The molecule has 0 spiro atoms. The molecule has 1 heterocycles. The third-order valence-electron chi connectivity index (χ3n) is 4.56. The van der Waals surface area contributed by atoms with E-state index in [9.17, 15) is 18.0 Å². The number of methoxy groups -OCH3 is 1. The lowest BCUT2D eigenvalue weighted by molar-refractivity contribution is -0.138. The Morgan fingerprint density at radius 3 is 2.76 bits per heavy atom. The largest absolute Gasteiger partial charge is 0.418 e. The first-order chi connectivity index (χ1) is 11.7. The summed E-state index contributed by atoms with van der Waals surface area (Å²) in [5.41, 5.74) is -0.0302. The van der Waals surface area contributed by atoms with Gasteiger partial charge < -0.3 is 4.74 Å². The summed E-state index contributed by atoms with van der Waals surface area (Å²) >= 11 is 3.46. The molecule has 0 aromatic carbocycles. The van der Waals surface area contributed by atoms with Gasteiger partial charge in [-0.2, -0.15) is 13.2 Å². The standard InChI is InChI=1S/C18H15BrF3NO2/c1-17(25-2)9-12-10(8-15(17)19)6-11(16(12)24)7-14-13(18(20,21)22)4-3-5-23-14/h3-5,7-8H,6,9H2,1-2H3/b11-7+. The Morgan fingerprint density at radius 1 is 1.40 bits per heavy atom. The molecular formula is C18H15BrF3NO2. The first-order valence-electron chi connectivity index (χ1n) is 7.58. The van der Waals surface area contributed by atoms with Crippen LogP contribution in [0.15, 0.2) is 45.6 Å². The highest BCUT2D eigenvalue weighted by atomic mass is 79.9. The number of alkyl halides is 3. The number of ketones is 1. The fourth-order valence-corrected chi connectivity index (χ4v) is 3.59. The lowest BCUT2D eigenvalue weighted by Gasteiger charge is -2.31. The van der Waals surface area contributed by atoms with Crippen LogP contribution in [0.3, 0.4) is 0 Å². The van der Waals surface area contributed by atoms with Gasteiger partial charge in [0.15, 0.2) is 5.78 Å². The average Bonchev–Trinajstić information content (AvgIpc) is 2.83. The van der Waals surface area contributed by atoms with Crippen LogP contribution in [-0.2, 0) is 15.7 Å². The van der Waals surface area contributed by atoms with E-state index in [1.807, 2.05) is 13.0 Å². The van der Waals surface area contributed by atoms with Crippen LogP contribution in [0.5, 0.6) is 0 Å². The molecule has 1 unspecified atom stereocenters. The fraction of sp³-hybridized carbons (Fsp3) is 0.333. The van der Waals surface area contributed by atoms with Gasteiger partial charge in [0, 0.05) is 41.8 Å². The van der Waals surface area contributed by atoms with Gasteiger partial charge in [0.05, 0.1) is 11.3 Å². The van der Waals surface area contributed by atoms with Crippen molar-refractivity contribution >= 4 is 27.8 Å². The molecule has 1 aromatic rings. The molecule has 0 radical (unpaired) electrons. The molecule has 0 fully saturated rings. The monoisotopic (exact) mass is 413 g/mol. The fourth-order valence-electron chi connectivity index (χ4n) is 3.01. The van der Waals surface area contributed by atoms with Crippen LogP contribution in [0.2, 0.25) is 0 Å². The van der Waals surface area contributed by atoms with Crippen LogP contribution in [0, 0.1) is 0 Å². The van der Waals surface area contributed by atoms with Crippen molar-refractivity contribution in [3.05, 3.63) is 56.9 Å². The van der Waals surface area contributed by atoms with E-state index in [0.29, 0.717) is 17.6 Å². The van der Waals surface area contributed by atoms with Crippen molar-refractivity contribution < 1.29 is 22.7 Å². The zero-order valence-corrected chi connectivity index (χ0v) is 15.2. The quantitative estimate of drug-likeness (QED) is 0.651. The van der Waals surface area contributed by atoms with Gasteiger partial charge in [0.25, 0.3) is 0 Å². The second-order valence-electron chi connectivity index (χ2n) is 6.22. The number of aromatic nitrogens is 1. The van der Waals surface area contributed by atoms with Crippen molar-refractivity contribution in [1.82, 2.24) is 4.98 Å². The Bertz CT molecular complexity index is 839. The van der Waals surface area contributed by atoms with Gasteiger partial charge in [-0.3, -0.25) is 9.78 Å². The molecule has 0 bridgehead atoms. The Balaban J connectivity index is 1.97. The van der Waals surface area contributed by atoms with Crippen molar-refractivity contribution in [2.75, 3.05) is 7.11 Å². The first-order valence-corrected chi connectivity index (χ1v) is 8.37. The number of halogens is 4. The van der Waals surface area contributed by atoms with Gasteiger partial charge in [0.2, 0.25) is 0 Å². The number of nitrogens with zero attached hydrogens (tertiary/aromatic N) is 1. The number of allylic oxidation sites excluding steroid dienone is 3. The zero-order valence-electron chi connectivity index (χ0n) is 13.6. The lowest BCUT2D eigenvalue weighted by Crippen LogP contribution is -2.31. The second-order valence-corrected chi connectivity index (χ2v) is 7.07. The molecule has 25 heavy (non-hydrogen) atoms. The van der Waals surface area contributed by atoms with Crippen LogP contribution in [0.4, 0.5) is 13.2 Å². The molecule has 0 N–H and O–H groups in total. The molecule has 2 aliphatic carbocycles. The normalized spacial score (nSPS) is 25.4. The zero-order chi connectivity index (χ0) is 18.4. The second kappa shape index (κ2) is 6.21. The maximum absolute atomic E-state index is 13.1. The summed E-state index contributed by atoms with van der Waals surface area (Å²) in [6.45, 7) is 1.85. The minimum absolute atomic E-state index is 0.240. The summed E-state index contributed by atoms with van der Waals surface area (Å²) in [5.74, 6) is -0.242. The molecule has 0 saturated heterocycles. The van der Waals surface area contributed by atoms with Crippen LogP contribution in [0.1, 0.15) is 31.0 Å². The van der Waals surface area contributed by atoms with Crippen LogP contribution >= 0.6 is 15.9 Å². The van der Waals surface area contributed by atoms with Crippen LogP contribution < -0.4 is 0 Å². The number of carbonyl (C=O) groups is 1. The van der Waals surface area contributed by atoms with E-state index in [1.54, 1.807) is 7.11 Å². The summed E-state index contributed by atoms with van der Waals surface area (Å²) in [6.07, 6.45) is 0.497. The van der Waals surface area contributed by atoms with Crippen LogP contribution in [0.25, 0.3) is 6.08 Å². The summed E-state index contributed by atoms with van der Waals surface area (Å²) in [7, 11) is 1.56. The molecule has 2 aliphatic rings. The highest BCUT2D eigenvalue weighted by molar-refractivity contribution is 9.11. The maximum atomic E-state index is 13.1. The molecule has 3 rings (SSSR count). The first kappa shape index (κ1) is 18.1. The molecule has 0 amide bonds. The highest BCUT2D eigenvalue weighted by Gasteiger charge is 2.40. The van der Waals surface area contributed by atoms with Crippen molar-refractivity contribution in [3.63, 3.8) is 0 Å². The Hall–Kier alpha value is -1.73. The van der Waals surface area contributed by atoms with Crippen molar-refractivity contribution in [2.24, 2.45) is 0 Å². The summed E-state index contributed by atoms with van der Waals surface area (Å²) in [4.78, 5) is 16.5. The summed E-state index contributed by atoms with van der Waals surface area (Å²) < 4.78 is 45.6. The van der Waals surface area contributed by atoms with Crippen molar-refractivity contribution in [3.8, 4) is 0 Å². The Kier molecular flexibility index (Phi) is 4.49. The predicted molar refractivity (Wildman–Crippen MR) is 90.9 cm³/mol. The highest BCUT2D eigenvalue weighted by Crippen LogP contribution is 2.45. The predicted octanol–water partition coefficient (Wildman–Crippen LogP) is 4.84. The molecule has 1 aromatic heterocycles. The number of hydrogen-bond donors (Lipinski definition) is 0. The van der Waals surface area contributed by atoms with Gasteiger partial charge in [-0.25, -0.2) is 0 Å². The number of Topliss-reactive ketones (excluding diaryl/α,β-unsaturated/α-hetero) is 1. The van der Waals surface area contributed by atoms with Gasteiger partial charge >= 0.3 is 6.18 Å². The summed E-state index contributed by atoms with van der Waals surface area (Å²) in [6, 6.07) is 2.19. The third-order valence-corrected chi connectivity index (χ3v) is 5.63. The number of carbonyl (C=O) groups excluding carboxylic acids is 1. The van der Waals surface area contributed by atoms with E-state index in [-0.39, 0.29) is 17.9 Å². The minimum Gasteiger partial charge on any atom is -0.373 e. The molecular weight excluding hydrogens is 399 g/mol. The smallest absolute Gasteiger partial charge is 0.373 e. The van der Waals surface area contributed by atoms with E-state index in [4.69, 9.17) is 4.74 Å². The van der Waals surface area contributed by atoms with E-state index in [0.717, 1.165) is 16.1 Å². The molecule has 0 saturated carbocycles. The molecule has 0 aliphatic heterocycles. The lowest BCUT2D eigenvalue weighted by atomic mass is 9.88. The maximum Gasteiger partial charge on any atom is 0.418 e. The van der Waals surface area contributed by atoms with E-state index < -0.39 is 17.3 Å². The number of ether oxygens (including phenoxy) is 1. The molecule has 7 heteroatoms. The molecule has 1 atom stereocenters. The third kappa shape index (κ3) is 3.22.